The summed E-state index contributed by atoms with van der Waals surface area (Å²) in [5.74, 6) is 1.65. The smallest absolute Gasteiger partial charge is 0.150 e. The fraction of sp³-hybridized carbons (Fsp3) is 0.571. The van der Waals surface area contributed by atoms with Gasteiger partial charge in [-0.05, 0) is 13.8 Å². The minimum atomic E-state index is 0.697. The molecule has 62 valence electrons. The molecule has 0 atom stereocenters. The zero-order chi connectivity index (χ0) is 8.27. The van der Waals surface area contributed by atoms with Gasteiger partial charge < -0.3 is 0 Å². The molecule has 0 unspecified atom stereocenters. The molecule has 0 saturated carbocycles. The summed E-state index contributed by atoms with van der Waals surface area (Å²) in [5.41, 5.74) is 1.15. The summed E-state index contributed by atoms with van der Waals surface area (Å²) in [6.07, 6.45) is 0. The van der Waals surface area contributed by atoms with Crippen molar-refractivity contribution >= 4 is 34.7 Å². The van der Waals surface area contributed by atoms with Gasteiger partial charge in [0.1, 0.15) is 4.34 Å². The molecule has 0 bridgehead atoms. The summed E-state index contributed by atoms with van der Waals surface area (Å²) in [6.45, 7) is 4.13. The Morgan fingerprint density at radius 1 is 1.55 bits per heavy atom. The molecule has 4 heteroatoms. The molecule has 1 aromatic rings. The summed E-state index contributed by atoms with van der Waals surface area (Å²) in [6, 6.07) is 0. The maximum absolute atomic E-state index is 5.55. The summed E-state index contributed by atoms with van der Waals surface area (Å²) in [4.78, 5) is 5.68. The number of halogens is 1. The number of thioether (sulfide) groups is 1. The zero-order valence-electron chi connectivity index (χ0n) is 6.56. The second kappa shape index (κ2) is 4.33. The topological polar surface area (TPSA) is 12.9 Å². The molecule has 0 aliphatic carbocycles. The normalized spacial score (nSPS) is 10.5. The van der Waals surface area contributed by atoms with Gasteiger partial charge in [0.05, 0.1) is 5.69 Å². The van der Waals surface area contributed by atoms with Gasteiger partial charge in [-0.15, -0.1) is 22.9 Å². The standard InChI is InChI=1S/C7H10ClNS2/c1-5-6(2)11-7(9-5)10-4-3-8/h3-4H2,1-2H3. The number of nitrogens with zero attached hydrogens (tertiary/aromatic N) is 1. The van der Waals surface area contributed by atoms with Gasteiger partial charge in [-0.2, -0.15) is 0 Å². The van der Waals surface area contributed by atoms with Gasteiger partial charge in [-0.25, -0.2) is 4.98 Å². The Labute approximate surface area is 80.2 Å². The largest absolute Gasteiger partial charge is 0.235 e. The molecule has 0 fully saturated rings. The van der Waals surface area contributed by atoms with E-state index in [0.29, 0.717) is 5.88 Å². The van der Waals surface area contributed by atoms with E-state index in [4.69, 9.17) is 11.6 Å². The maximum Gasteiger partial charge on any atom is 0.150 e. The molecule has 1 rings (SSSR count). The van der Waals surface area contributed by atoms with Crippen LogP contribution in [0.5, 0.6) is 0 Å². The lowest BCUT2D eigenvalue weighted by atomic mass is 10.4. The van der Waals surface area contributed by atoms with Crippen molar-refractivity contribution in [1.82, 2.24) is 4.98 Å². The second-order valence-corrected chi connectivity index (χ2v) is 5.08. The Morgan fingerprint density at radius 3 is 2.73 bits per heavy atom. The van der Waals surface area contributed by atoms with Crippen LogP contribution in [-0.4, -0.2) is 16.6 Å². The lowest BCUT2D eigenvalue weighted by molar-refractivity contribution is 1.14. The molecule has 0 radical (unpaired) electrons. The number of aryl methyl sites for hydroxylation is 2. The summed E-state index contributed by atoms with van der Waals surface area (Å²) >= 11 is 9.03. The van der Waals surface area contributed by atoms with Crippen LogP contribution in [0.4, 0.5) is 0 Å². The molecule has 0 amide bonds. The maximum atomic E-state index is 5.55. The van der Waals surface area contributed by atoms with Crippen molar-refractivity contribution in [2.24, 2.45) is 0 Å². The predicted molar refractivity (Wildman–Crippen MR) is 53.0 cm³/mol. The van der Waals surface area contributed by atoms with Gasteiger partial charge in [0.15, 0.2) is 0 Å². The van der Waals surface area contributed by atoms with Crippen LogP contribution < -0.4 is 0 Å². The van der Waals surface area contributed by atoms with Crippen LogP contribution >= 0.6 is 34.7 Å². The van der Waals surface area contributed by atoms with E-state index in [1.807, 2.05) is 6.92 Å². The highest BCUT2D eigenvalue weighted by molar-refractivity contribution is 8.01. The number of thiazole rings is 1. The predicted octanol–water partition coefficient (Wildman–Crippen LogP) is 3.09. The number of rotatable bonds is 3. The van der Waals surface area contributed by atoms with Gasteiger partial charge in [-0.3, -0.25) is 0 Å². The Bertz CT molecular complexity index is 215. The van der Waals surface area contributed by atoms with Crippen LogP contribution in [0.3, 0.4) is 0 Å². The minimum absolute atomic E-state index is 0.697. The van der Waals surface area contributed by atoms with Crippen LogP contribution in [0.2, 0.25) is 0 Å². The van der Waals surface area contributed by atoms with Crippen molar-refractivity contribution in [3.63, 3.8) is 0 Å². The number of alkyl halides is 1. The van der Waals surface area contributed by atoms with E-state index in [1.54, 1.807) is 23.1 Å². The first kappa shape index (κ1) is 9.36. The van der Waals surface area contributed by atoms with E-state index in [9.17, 15) is 0 Å². The molecule has 11 heavy (non-hydrogen) atoms. The van der Waals surface area contributed by atoms with Gasteiger partial charge in [0, 0.05) is 16.5 Å². The first-order chi connectivity index (χ1) is 5.24. The van der Waals surface area contributed by atoms with Gasteiger partial charge in [0.25, 0.3) is 0 Å². The molecule has 0 aliphatic heterocycles. The minimum Gasteiger partial charge on any atom is -0.235 e. The zero-order valence-corrected chi connectivity index (χ0v) is 8.94. The fourth-order valence-electron chi connectivity index (χ4n) is 0.631. The van der Waals surface area contributed by atoms with Crippen molar-refractivity contribution in [3.05, 3.63) is 10.6 Å². The van der Waals surface area contributed by atoms with E-state index in [1.165, 1.54) is 4.88 Å². The molecule has 0 spiro atoms. The third-order valence-electron chi connectivity index (χ3n) is 1.31. The first-order valence-corrected chi connectivity index (χ1v) is 5.70. The molecule has 0 aromatic carbocycles. The Balaban J connectivity index is 2.58. The average Bonchev–Trinajstić information content (AvgIpc) is 2.28. The lowest BCUT2D eigenvalue weighted by Crippen LogP contribution is -1.78. The Hall–Kier alpha value is 0.270. The van der Waals surface area contributed by atoms with Crippen LogP contribution in [0.15, 0.2) is 4.34 Å². The third-order valence-corrected chi connectivity index (χ3v) is 3.94. The summed E-state index contributed by atoms with van der Waals surface area (Å²) in [5, 5.41) is 0. The molecular formula is C7H10ClNS2. The monoisotopic (exact) mass is 207 g/mol. The Morgan fingerprint density at radius 2 is 2.27 bits per heavy atom. The molecular weight excluding hydrogens is 198 g/mol. The van der Waals surface area contributed by atoms with E-state index < -0.39 is 0 Å². The average molecular weight is 208 g/mol. The lowest BCUT2D eigenvalue weighted by Gasteiger charge is -1.88. The molecule has 1 heterocycles. The van der Waals surface area contributed by atoms with Gasteiger partial charge in [-0.1, -0.05) is 11.8 Å². The van der Waals surface area contributed by atoms with Crippen LogP contribution in [0.1, 0.15) is 10.6 Å². The highest BCUT2D eigenvalue weighted by Gasteiger charge is 2.02. The van der Waals surface area contributed by atoms with E-state index in [0.717, 1.165) is 15.8 Å². The number of aromatic nitrogens is 1. The van der Waals surface area contributed by atoms with Crippen molar-refractivity contribution in [2.45, 2.75) is 18.2 Å². The molecule has 0 saturated heterocycles. The first-order valence-electron chi connectivity index (χ1n) is 3.37. The highest BCUT2D eigenvalue weighted by Crippen LogP contribution is 2.26. The molecule has 0 N–H and O–H groups in total. The third kappa shape index (κ3) is 2.65. The molecule has 1 nitrogen and oxygen atoms in total. The van der Waals surface area contributed by atoms with Crippen LogP contribution in [-0.2, 0) is 0 Å². The fourth-order valence-corrected chi connectivity index (χ4v) is 2.81. The van der Waals surface area contributed by atoms with Gasteiger partial charge in [0.2, 0.25) is 0 Å². The molecule has 0 aliphatic rings. The van der Waals surface area contributed by atoms with E-state index in [-0.39, 0.29) is 0 Å². The number of hydrogen-bond acceptors (Lipinski definition) is 3. The van der Waals surface area contributed by atoms with E-state index >= 15 is 0 Å². The van der Waals surface area contributed by atoms with Gasteiger partial charge >= 0.3 is 0 Å². The van der Waals surface area contributed by atoms with Crippen LogP contribution in [0.25, 0.3) is 0 Å². The summed E-state index contributed by atoms with van der Waals surface area (Å²) in [7, 11) is 0. The van der Waals surface area contributed by atoms with Crippen molar-refractivity contribution < 1.29 is 0 Å². The second-order valence-electron chi connectivity index (χ2n) is 2.16. The highest BCUT2D eigenvalue weighted by atomic mass is 35.5. The van der Waals surface area contributed by atoms with E-state index in [2.05, 4.69) is 11.9 Å². The van der Waals surface area contributed by atoms with Crippen molar-refractivity contribution in [1.29, 1.82) is 0 Å². The van der Waals surface area contributed by atoms with Crippen molar-refractivity contribution in [3.8, 4) is 0 Å². The van der Waals surface area contributed by atoms with Crippen molar-refractivity contribution in [2.75, 3.05) is 11.6 Å². The SMILES string of the molecule is Cc1nc(SCCCl)sc1C. The molecule has 1 aromatic heterocycles. The Kier molecular flexibility index (Phi) is 3.69. The number of hydrogen-bond donors (Lipinski definition) is 0. The summed E-state index contributed by atoms with van der Waals surface area (Å²) < 4.78 is 1.14. The van der Waals surface area contributed by atoms with Crippen LogP contribution in [0, 0.1) is 13.8 Å². The quantitative estimate of drug-likeness (QED) is 0.558.